The van der Waals surface area contributed by atoms with E-state index >= 15 is 0 Å². The number of rotatable bonds is 2. The van der Waals surface area contributed by atoms with E-state index in [0.29, 0.717) is 11.4 Å². The molecular weight excluding hydrogens is 304 g/mol. The number of hydrogen-bond donors (Lipinski definition) is 1. The van der Waals surface area contributed by atoms with Crippen LogP contribution >= 0.6 is 22.7 Å². The Labute approximate surface area is 127 Å². The fraction of sp³-hybridized carbons (Fsp3) is 0. The van der Waals surface area contributed by atoms with Crippen LogP contribution in [0.1, 0.15) is 10.4 Å². The van der Waals surface area contributed by atoms with Crippen LogP contribution in [0.5, 0.6) is 0 Å². The van der Waals surface area contributed by atoms with Gasteiger partial charge in [0, 0.05) is 5.56 Å². The first-order valence-corrected chi connectivity index (χ1v) is 7.90. The van der Waals surface area contributed by atoms with Crippen LogP contribution in [-0.4, -0.2) is 20.9 Å². The number of anilines is 1. The molecule has 3 aromatic heterocycles. The molecule has 0 aliphatic heterocycles. The van der Waals surface area contributed by atoms with Gasteiger partial charge in [-0.1, -0.05) is 0 Å². The molecule has 0 radical (unpaired) electrons. The van der Waals surface area contributed by atoms with Crippen LogP contribution in [0.25, 0.3) is 20.4 Å². The molecule has 21 heavy (non-hydrogen) atoms. The highest BCUT2D eigenvalue weighted by molar-refractivity contribution is 7.17. The van der Waals surface area contributed by atoms with E-state index in [2.05, 4.69) is 20.3 Å². The molecule has 0 aliphatic carbocycles. The lowest BCUT2D eigenvalue weighted by Crippen LogP contribution is -2.13. The fourth-order valence-electron chi connectivity index (χ4n) is 2.07. The monoisotopic (exact) mass is 312 g/mol. The third-order valence-electron chi connectivity index (χ3n) is 3.09. The van der Waals surface area contributed by atoms with E-state index in [1.165, 1.54) is 29.0 Å². The van der Waals surface area contributed by atoms with Crippen molar-refractivity contribution in [1.82, 2.24) is 15.0 Å². The molecule has 0 saturated carbocycles. The second-order valence-electron chi connectivity index (χ2n) is 4.35. The van der Waals surface area contributed by atoms with E-state index in [1.807, 2.05) is 23.6 Å². The first-order valence-electron chi connectivity index (χ1n) is 6.14. The molecule has 1 N–H and O–H groups in total. The zero-order valence-corrected chi connectivity index (χ0v) is 12.2. The van der Waals surface area contributed by atoms with Crippen LogP contribution in [0, 0.1) is 0 Å². The second kappa shape index (κ2) is 4.87. The predicted molar refractivity (Wildman–Crippen MR) is 85.0 cm³/mol. The van der Waals surface area contributed by atoms with Crippen LogP contribution in [-0.2, 0) is 0 Å². The Morgan fingerprint density at radius 1 is 1.10 bits per heavy atom. The normalized spacial score (nSPS) is 11.0. The van der Waals surface area contributed by atoms with Gasteiger partial charge in [0.2, 0.25) is 0 Å². The van der Waals surface area contributed by atoms with Crippen molar-refractivity contribution in [2.45, 2.75) is 0 Å². The maximum Gasteiger partial charge on any atom is 0.256 e. The standard InChI is InChI=1S/C14H8N4OS2/c19-13(8-1-2-10-11(5-8)21-7-17-10)18-12-9-3-4-20-14(9)16-6-15-12/h1-7H,(H,15,16,18,19). The Bertz CT molecular complexity index is 960. The Kier molecular flexibility index (Phi) is 2.87. The number of nitrogens with one attached hydrogen (secondary N) is 1. The second-order valence-corrected chi connectivity index (χ2v) is 6.13. The van der Waals surface area contributed by atoms with Crippen molar-refractivity contribution < 1.29 is 4.79 Å². The van der Waals surface area contributed by atoms with Crippen molar-refractivity contribution in [2.75, 3.05) is 5.32 Å². The fourth-order valence-corrected chi connectivity index (χ4v) is 3.51. The molecule has 4 rings (SSSR count). The lowest BCUT2D eigenvalue weighted by Gasteiger charge is -2.05. The summed E-state index contributed by atoms with van der Waals surface area (Å²) >= 11 is 3.03. The van der Waals surface area contributed by atoms with Crippen molar-refractivity contribution in [3.8, 4) is 0 Å². The van der Waals surface area contributed by atoms with Gasteiger partial charge >= 0.3 is 0 Å². The van der Waals surface area contributed by atoms with Crippen molar-refractivity contribution in [3.63, 3.8) is 0 Å². The molecule has 7 heteroatoms. The Hall–Kier alpha value is -2.38. The van der Waals surface area contributed by atoms with Gasteiger partial charge in [0.1, 0.15) is 17.0 Å². The van der Waals surface area contributed by atoms with E-state index in [4.69, 9.17) is 0 Å². The van der Waals surface area contributed by atoms with Gasteiger partial charge in [0.15, 0.2) is 0 Å². The van der Waals surface area contributed by atoms with Gasteiger partial charge in [-0.25, -0.2) is 15.0 Å². The zero-order valence-electron chi connectivity index (χ0n) is 10.6. The Morgan fingerprint density at radius 3 is 3.00 bits per heavy atom. The molecular formula is C14H8N4OS2. The van der Waals surface area contributed by atoms with Crippen molar-refractivity contribution in [3.05, 3.63) is 47.0 Å². The molecule has 3 heterocycles. The number of thiazole rings is 1. The number of hydrogen-bond acceptors (Lipinski definition) is 6. The lowest BCUT2D eigenvalue weighted by molar-refractivity contribution is 0.102. The number of carbonyl (C=O) groups is 1. The molecule has 102 valence electrons. The highest BCUT2D eigenvalue weighted by Crippen LogP contribution is 2.25. The number of benzene rings is 1. The van der Waals surface area contributed by atoms with Crippen molar-refractivity contribution in [2.24, 2.45) is 0 Å². The predicted octanol–water partition coefficient (Wildman–Crippen LogP) is 3.55. The summed E-state index contributed by atoms with van der Waals surface area (Å²) in [5, 5.41) is 5.63. The molecule has 0 unspecified atom stereocenters. The summed E-state index contributed by atoms with van der Waals surface area (Å²) in [7, 11) is 0. The minimum absolute atomic E-state index is 0.184. The summed E-state index contributed by atoms with van der Waals surface area (Å²) in [6, 6.07) is 7.36. The summed E-state index contributed by atoms with van der Waals surface area (Å²) in [6.07, 6.45) is 1.46. The number of carbonyl (C=O) groups excluding carboxylic acids is 1. The molecule has 5 nitrogen and oxygen atoms in total. The number of fused-ring (bicyclic) bond motifs is 2. The minimum atomic E-state index is -0.184. The highest BCUT2D eigenvalue weighted by Gasteiger charge is 2.11. The number of nitrogens with zero attached hydrogens (tertiary/aromatic N) is 3. The van der Waals surface area contributed by atoms with Crippen LogP contribution < -0.4 is 5.32 Å². The van der Waals surface area contributed by atoms with Crippen LogP contribution in [0.2, 0.25) is 0 Å². The Morgan fingerprint density at radius 2 is 2.05 bits per heavy atom. The lowest BCUT2D eigenvalue weighted by atomic mass is 10.2. The molecule has 0 atom stereocenters. The molecule has 0 fully saturated rings. The summed E-state index contributed by atoms with van der Waals surface area (Å²) in [5.41, 5.74) is 3.26. The first kappa shape index (κ1) is 12.4. The SMILES string of the molecule is O=C(Nc1ncnc2sccc12)c1ccc2ncsc2c1. The summed E-state index contributed by atoms with van der Waals surface area (Å²) in [4.78, 5) is 25.7. The van der Waals surface area contributed by atoms with E-state index in [9.17, 15) is 4.79 Å². The quantitative estimate of drug-likeness (QED) is 0.614. The van der Waals surface area contributed by atoms with E-state index in [0.717, 1.165) is 20.4 Å². The van der Waals surface area contributed by atoms with Crippen molar-refractivity contribution >= 4 is 54.8 Å². The molecule has 0 saturated heterocycles. The van der Waals surface area contributed by atoms with Crippen molar-refractivity contribution in [1.29, 1.82) is 0 Å². The smallest absolute Gasteiger partial charge is 0.256 e. The van der Waals surface area contributed by atoms with Gasteiger partial charge in [-0.3, -0.25) is 4.79 Å². The van der Waals surface area contributed by atoms with Gasteiger partial charge in [0.05, 0.1) is 21.1 Å². The Balaban J connectivity index is 1.70. The molecule has 0 spiro atoms. The molecule has 1 amide bonds. The maximum atomic E-state index is 12.4. The molecule has 1 aromatic carbocycles. The molecule has 0 bridgehead atoms. The average molecular weight is 312 g/mol. The van der Waals surface area contributed by atoms with Gasteiger partial charge in [0.25, 0.3) is 5.91 Å². The van der Waals surface area contributed by atoms with Gasteiger partial charge in [-0.05, 0) is 29.6 Å². The minimum Gasteiger partial charge on any atom is -0.306 e. The molecule has 0 aliphatic rings. The van der Waals surface area contributed by atoms with E-state index in [1.54, 1.807) is 11.6 Å². The van der Waals surface area contributed by atoms with Crippen LogP contribution in [0.4, 0.5) is 5.82 Å². The van der Waals surface area contributed by atoms with E-state index < -0.39 is 0 Å². The average Bonchev–Trinajstić information content (AvgIpc) is 3.15. The number of amides is 1. The first-order chi connectivity index (χ1) is 10.3. The number of aromatic nitrogens is 3. The summed E-state index contributed by atoms with van der Waals surface area (Å²) in [5.74, 6) is 0.354. The van der Waals surface area contributed by atoms with Gasteiger partial charge in [-0.2, -0.15) is 0 Å². The third kappa shape index (κ3) is 2.16. The highest BCUT2D eigenvalue weighted by atomic mass is 32.1. The topological polar surface area (TPSA) is 67.8 Å². The number of thiophene rings is 1. The summed E-state index contributed by atoms with van der Waals surface area (Å²) < 4.78 is 0.992. The van der Waals surface area contributed by atoms with E-state index in [-0.39, 0.29) is 5.91 Å². The third-order valence-corrected chi connectivity index (χ3v) is 4.70. The van der Waals surface area contributed by atoms with Crippen LogP contribution in [0.15, 0.2) is 41.5 Å². The molecule has 4 aromatic rings. The van der Waals surface area contributed by atoms with Crippen LogP contribution in [0.3, 0.4) is 0 Å². The zero-order chi connectivity index (χ0) is 14.2. The maximum absolute atomic E-state index is 12.4. The summed E-state index contributed by atoms with van der Waals surface area (Å²) in [6.45, 7) is 0. The largest absolute Gasteiger partial charge is 0.306 e. The van der Waals surface area contributed by atoms with Gasteiger partial charge < -0.3 is 5.32 Å². The van der Waals surface area contributed by atoms with Gasteiger partial charge in [-0.15, -0.1) is 22.7 Å².